The van der Waals surface area contributed by atoms with Crippen LogP contribution in [0.1, 0.15) is 24.8 Å². The van der Waals surface area contributed by atoms with Crippen molar-refractivity contribution in [2.45, 2.75) is 25.4 Å². The monoisotopic (exact) mass is 162 g/mol. The van der Waals surface area contributed by atoms with Gasteiger partial charge in [-0.25, -0.2) is 0 Å². The summed E-state index contributed by atoms with van der Waals surface area (Å²) in [7, 11) is 0. The van der Waals surface area contributed by atoms with Gasteiger partial charge in [-0.15, -0.1) is 0 Å². The van der Waals surface area contributed by atoms with Gasteiger partial charge in [-0.05, 0) is 30.7 Å². The fourth-order valence-electron chi connectivity index (χ4n) is 1.83. The summed E-state index contributed by atoms with van der Waals surface area (Å²) >= 11 is 0. The van der Waals surface area contributed by atoms with Gasteiger partial charge in [-0.2, -0.15) is 0 Å². The lowest BCUT2D eigenvalue weighted by atomic mass is 10.1. The van der Waals surface area contributed by atoms with Gasteiger partial charge in [0, 0.05) is 0 Å². The van der Waals surface area contributed by atoms with Crippen LogP contribution in [0.5, 0.6) is 0 Å². The zero-order chi connectivity index (χ0) is 8.55. The van der Waals surface area contributed by atoms with Crippen LogP contribution in [-0.4, -0.2) is 11.2 Å². The Hall–Kier alpha value is -0.820. The molecule has 1 aliphatic rings. The van der Waals surface area contributed by atoms with E-state index < -0.39 is 0 Å². The lowest BCUT2D eigenvalue weighted by molar-refractivity contribution is 0.169. The molecule has 1 aliphatic carbocycles. The van der Waals surface area contributed by atoms with Crippen LogP contribution in [0.3, 0.4) is 0 Å². The van der Waals surface area contributed by atoms with E-state index in [1.165, 1.54) is 5.56 Å². The van der Waals surface area contributed by atoms with Crippen molar-refractivity contribution in [2.75, 3.05) is 0 Å². The summed E-state index contributed by atoms with van der Waals surface area (Å²) in [6, 6.07) is 10.4. The number of hydrogen-bond donors (Lipinski definition) is 1. The molecule has 1 heteroatoms. The quantitative estimate of drug-likeness (QED) is 0.706. The second-order valence-corrected chi connectivity index (χ2v) is 3.66. The molecule has 1 nitrogen and oxygen atoms in total. The van der Waals surface area contributed by atoms with Crippen molar-refractivity contribution >= 4 is 0 Å². The van der Waals surface area contributed by atoms with Crippen LogP contribution in [0.25, 0.3) is 0 Å². The Morgan fingerprint density at radius 3 is 2.50 bits per heavy atom. The number of aliphatic hydroxyl groups is 1. The highest BCUT2D eigenvalue weighted by atomic mass is 16.3. The van der Waals surface area contributed by atoms with Crippen molar-refractivity contribution < 1.29 is 5.11 Å². The van der Waals surface area contributed by atoms with Crippen LogP contribution in [0.15, 0.2) is 30.3 Å². The van der Waals surface area contributed by atoms with Crippen LogP contribution in [0.2, 0.25) is 0 Å². The van der Waals surface area contributed by atoms with Crippen LogP contribution in [-0.2, 0) is 0 Å². The van der Waals surface area contributed by atoms with Crippen molar-refractivity contribution in [3.63, 3.8) is 0 Å². The van der Waals surface area contributed by atoms with Gasteiger partial charge in [-0.1, -0.05) is 30.3 Å². The maximum absolute atomic E-state index is 9.32. The Morgan fingerprint density at radius 2 is 2.00 bits per heavy atom. The molecular weight excluding hydrogens is 148 g/mol. The first kappa shape index (κ1) is 7.81. The molecule has 0 aliphatic heterocycles. The molecule has 12 heavy (non-hydrogen) atoms. The van der Waals surface area contributed by atoms with E-state index in [1.54, 1.807) is 0 Å². The highest BCUT2D eigenvalue weighted by molar-refractivity contribution is 5.25. The minimum atomic E-state index is -0.143. The molecule has 0 amide bonds. The van der Waals surface area contributed by atoms with Gasteiger partial charge in [0.15, 0.2) is 0 Å². The predicted molar refractivity (Wildman–Crippen MR) is 49.0 cm³/mol. The van der Waals surface area contributed by atoms with Gasteiger partial charge in [0.1, 0.15) is 0 Å². The highest BCUT2D eigenvalue weighted by Gasteiger charge is 2.41. The summed E-state index contributed by atoms with van der Waals surface area (Å²) in [5, 5.41) is 9.32. The summed E-state index contributed by atoms with van der Waals surface area (Å²) < 4.78 is 0. The van der Waals surface area contributed by atoms with Gasteiger partial charge in [0.25, 0.3) is 0 Å². The number of rotatable bonds is 2. The van der Waals surface area contributed by atoms with Gasteiger partial charge < -0.3 is 5.11 Å². The Balaban J connectivity index is 2.06. The third-order valence-electron chi connectivity index (χ3n) is 2.69. The molecule has 0 saturated heterocycles. The SMILES string of the molecule is CC(O)C1CC1c1ccccc1. The van der Waals surface area contributed by atoms with Gasteiger partial charge in [0.05, 0.1) is 6.10 Å². The van der Waals surface area contributed by atoms with Crippen LogP contribution in [0.4, 0.5) is 0 Å². The molecule has 0 aromatic heterocycles. The fourth-order valence-corrected chi connectivity index (χ4v) is 1.83. The van der Waals surface area contributed by atoms with E-state index in [1.807, 2.05) is 13.0 Å². The first-order valence-electron chi connectivity index (χ1n) is 4.52. The van der Waals surface area contributed by atoms with Crippen molar-refractivity contribution in [2.24, 2.45) is 5.92 Å². The molecule has 0 spiro atoms. The third kappa shape index (κ3) is 1.37. The molecule has 1 N–H and O–H groups in total. The van der Waals surface area contributed by atoms with E-state index in [9.17, 15) is 5.11 Å². The molecular formula is C11H14O. The number of hydrogen-bond acceptors (Lipinski definition) is 1. The van der Waals surface area contributed by atoms with E-state index >= 15 is 0 Å². The Morgan fingerprint density at radius 1 is 1.33 bits per heavy atom. The second kappa shape index (κ2) is 2.91. The van der Waals surface area contributed by atoms with Crippen molar-refractivity contribution in [3.05, 3.63) is 35.9 Å². The summed E-state index contributed by atoms with van der Waals surface area (Å²) in [5.41, 5.74) is 1.38. The molecule has 64 valence electrons. The first-order chi connectivity index (χ1) is 5.79. The van der Waals surface area contributed by atoms with E-state index in [-0.39, 0.29) is 6.10 Å². The normalized spacial score (nSPS) is 29.8. The third-order valence-corrected chi connectivity index (χ3v) is 2.69. The second-order valence-electron chi connectivity index (χ2n) is 3.66. The predicted octanol–water partition coefficient (Wildman–Crippen LogP) is 2.17. The largest absolute Gasteiger partial charge is 0.393 e. The van der Waals surface area contributed by atoms with E-state index in [0.717, 1.165) is 6.42 Å². The highest BCUT2D eigenvalue weighted by Crippen LogP contribution is 2.49. The van der Waals surface area contributed by atoms with E-state index in [0.29, 0.717) is 11.8 Å². The van der Waals surface area contributed by atoms with Crippen molar-refractivity contribution in [1.82, 2.24) is 0 Å². The molecule has 0 heterocycles. The zero-order valence-electron chi connectivity index (χ0n) is 7.27. The van der Waals surface area contributed by atoms with E-state index in [2.05, 4.69) is 24.3 Å². The van der Waals surface area contributed by atoms with Crippen molar-refractivity contribution in [1.29, 1.82) is 0 Å². The molecule has 0 radical (unpaired) electrons. The first-order valence-corrected chi connectivity index (χ1v) is 4.52. The van der Waals surface area contributed by atoms with Crippen molar-refractivity contribution in [3.8, 4) is 0 Å². The molecule has 1 saturated carbocycles. The maximum Gasteiger partial charge on any atom is 0.0546 e. The topological polar surface area (TPSA) is 20.2 Å². The summed E-state index contributed by atoms with van der Waals surface area (Å²) in [6.07, 6.45) is 1.01. The molecule has 1 aromatic carbocycles. The molecule has 1 fully saturated rings. The van der Waals surface area contributed by atoms with Gasteiger partial charge in [-0.3, -0.25) is 0 Å². The standard InChI is InChI=1S/C11H14O/c1-8(12)10-7-11(10)9-5-3-2-4-6-9/h2-6,8,10-12H,7H2,1H3. The average molecular weight is 162 g/mol. The minimum Gasteiger partial charge on any atom is -0.393 e. The number of aliphatic hydroxyl groups excluding tert-OH is 1. The van der Waals surface area contributed by atoms with Gasteiger partial charge >= 0.3 is 0 Å². The lowest BCUT2D eigenvalue weighted by Gasteiger charge is -2.02. The number of benzene rings is 1. The lowest BCUT2D eigenvalue weighted by Crippen LogP contribution is -2.03. The van der Waals surface area contributed by atoms with Crippen LogP contribution < -0.4 is 0 Å². The summed E-state index contributed by atoms with van der Waals surface area (Å²) in [6.45, 7) is 1.88. The Kier molecular flexibility index (Phi) is 1.89. The molecule has 1 aromatic rings. The summed E-state index contributed by atoms with van der Waals surface area (Å²) in [4.78, 5) is 0. The Bertz CT molecular complexity index is 253. The molecule has 3 unspecified atom stereocenters. The van der Waals surface area contributed by atoms with E-state index in [4.69, 9.17) is 0 Å². The smallest absolute Gasteiger partial charge is 0.0546 e. The molecule has 0 bridgehead atoms. The summed E-state index contributed by atoms with van der Waals surface area (Å²) in [5.74, 6) is 1.12. The van der Waals surface area contributed by atoms with Crippen LogP contribution >= 0.6 is 0 Å². The Labute approximate surface area is 73.0 Å². The van der Waals surface area contributed by atoms with Gasteiger partial charge in [0.2, 0.25) is 0 Å². The maximum atomic E-state index is 9.32. The average Bonchev–Trinajstić information content (AvgIpc) is 2.84. The van der Waals surface area contributed by atoms with Crippen LogP contribution in [0, 0.1) is 5.92 Å². The molecule has 3 atom stereocenters. The molecule has 2 rings (SSSR count). The fraction of sp³-hybridized carbons (Fsp3) is 0.455. The zero-order valence-corrected chi connectivity index (χ0v) is 7.27. The minimum absolute atomic E-state index is 0.143.